The second-order valence-electron chi connectivity index (χ2n) is 5.41. The molecule has 0 spiro atoms. The van der Waals surface area contributed by atoms with Gasteiger partial charge in [0.05, 0.1) is 0 Å². The molecule has 1 unspecified atom stereocenters. The highest BCUT2D eigenvalue weighted by Gasteiger charge is 2.40. The Bertz CT molecular complexity index is 381. The third-order valence-corrected chi connectivity index (χ3v) is 3.67. The van der Waals surface area contributed by atoms with Crippen LogP contribution in [0.25, 0.3) is 0 Å². The molecule has 0 radical (unpaired) electrons. The topological polar surface area (TPSA) is 12.0 Å². The van der Waals surface area contributed by atoms with Crippen molar-refractivity contribution >= 4 is 0 Å². The average Bonchev–Trinajstić information content (AvgIpc) is 2.98. The van der Waals surface area contributed by atoms with Gasteiger partial charge in [-0.3, -0.25) is 0 Å². The SMILES string of the molecule is CNCC(C)(Cc1cc(F)cc(F)c1)C1CC1. The van der Waals surface area contributed by atoms with E-state index < -0.39 is 11.6 Å². The Balaban J connectivity index is 2.16. The van der Waals surface area contributed by atoms with Gasteiger partial charge in [0.25, 0.3) is 0 Å². The lowest BCUT2D eigenvalue weighted by Crippen LogP contribution is -2.33. The van der Waals surface area contributed by atoms with Gasteiger partial charge in [-0.05, 0) is 55.3 Å². The Morgan fingerprint density at radius 1 is 1.24 bits per heavy atom. The minimum Gasteiger partial charge on any atom is -0.319 e. The van der Waals surface area contributed by atoms with E-state index in [9.17, 15) is 8.78 Å². The van der Waals surface area contributed by atoms with E-state index >= 15 is 0 Å². The number of hydrogen-bond donors (Lipinski definition) is 1. The van der Waals surface area contributed by atoms with Crippen molar-refractivity contribution < 1.29 is 8.78 Å². The molecule has 0 bridgehead atoms. The van der Waals surface area contributed by atoms with Gasteiger partial charge < -0.3 is 5.32 Å². The highest BCUT2D eigenvalue weighted by atomic mass is 19.1. The zero-order valence-corrected chi connectivity index (χ0v) is 10.4. The first kappa shape index (κ1) is 12.5. The second-order valence-corrected chi connectivity index (χ2v) is 5.41. The van der Waals surface area contributed by atoms with Crippen molar-refractivity contribution in [3.05, 3.63) is 35.4 Å². The van der Waals surface area contributed by atoms with Gasteiger partial charge in [-0.15, -0.1) is 0 Å². The van der Waals surface area contributed by atoms with E-state index in [2.05, 4.69) is 12.2 Å². The molecule has 3 heteroatoms. The van der Waals surface area contributed by atoms with Crippen molar-refractivity contribution in [3.8, 4) is 0 Å². The smallest absolute Gasteiger partial charge is 0.126 e. The van der Waals surface area contributed by atoms with E-state index in [1.165, 1.54) is 25.0 Å². The highest BCUT2D eigenvalue weighted by Crippen LogP contribution is 2.47. The molecule has 0 aromatic heterocycles. The summed E-state index contributed by atoms with van der Waals surface area (Å²) < 4.78 is 26.3. The molecule has 0 amide bonds. The summed E-state index contributed by atoms with van der Waals surface area (Å²) in [7, 11) is 1.92. The predicted octanol–water partition coefficient (Wildman–Crippen LogP) is 3.14. The highest BCUT2D eigenvalue weighted by molar-refractivity contribution is 5.20. The molecule has 1 nitrogen and oxygen atoms in total. The number of benzene rings is 1. The summed E-state index contributed by atoms with van der Waals surface area (Å²) in [5.74, 6) is -0.286. The van der Waals surface area contributed by atoms with Crippen LogP contribution in [0.4, 0.5) is 8.78 Å². The molecule has 1 aromatic carbocycles. The van der Waals surface area contributed by atoms with Crippen LogP contribution in [0.1, 0.15) is 25.3 Å². The molecule has 1 fully saturated rings. The molecular weight excluding hydrogens is 220 g/mol. The lowest BCUT2D eigenvalue weighted by Gasteiger charge is -2.29. The maximum Gasteiger partial charge on any atom is 0.126 e. The first-order chi connectivity index (χ1) is 8.03. The van der Waals surface area contributed by atoms with Gasteiger partial charge in [0, 0.05) is 12.6 Å². The summed E-state index contributed by atoms with van der Waals surface area (Å²) in [6.07, 6.45) is 3.19. The summed E-state index contributed by atoms with van der Waals surface area (Å²) >= 11 is 0. The summed E-state index contributed by atoms with van der Waals surface area (Å²) in [6, 6.07) is 3.81. The van der Waals surface area contributed by atoms with Crippen LogP contribution in [0.2, 0.25) is 0 Å². The number of nitrogens with one attached hydrogen (secondary N) is 1. The third-order valence-electron chi connectivity index (χ3n) is 3.67. The van der Waals surface area contributed by atoms with Crippen LogP contribution in [0.5, 0.6) is 0 Å². The van der Waals surface area contributed by atoms with Crippen molar-refractivity contribution in [1.29, 1.82) is 0 Å². The first-order valence-electron chi connectivity index (χ1n) is 6.13. The summed E-state index contributed by atoms with van der Waals surface area (Å²) in [5, 5.41) is 3.19. The van der Waals surface area contributed by atoms with Gasteiger partial charge in [-0.1, -0.05) is 6.92 Å². The Labute approximate surface area is 101 Å². The van der Waals surface area contributed by atoms with Gasteiger partial charge in [-0.25, -0.2) is 8.78 Å². The molecule has 0 saturated heterocycles. The Morgan fingerprint density at radius 3 is 2.29 bits per heavy atom. The quantitative estimate of drug-likeness (QED) is 0.832. The first-order valence-corrected chi connectivity index (χ1v) is 6.13. The van der Waals surface area contributed by atoms with Crippen LogP contribution in [-0.2, 0) is 6.42 Å². The van der Waals surface area contributed by atoms with Crippen LogP contribution in [0.3, 0.4) is 0 Å². The van der Waals surface area contributed by atoms with E-state index in [1.807, 2.05) is 7.05 Å². The number of rotatable bonds is 5. The fourth-order valence-corrected chi connectivity index (χ4v) is 2.71. The largest absolute Gasteiger partial charge is 0.319 e. The Morgan fingerprint density at radius 2 is 1.82 bits per heavy atom. The number of halogens is 2. The molecule has 94 valence electrons. The van der Waals surface area contributed by atoms with Crippen LogP contribution < -0.4 is 5.32 Å². The molecule has 1 aromatic rings. The summed E-state index contributed by atoms with van der Waals surface area (Å²) in [5.41, 5.74) is 0.863. The predicted molar refractivity (Wildman–Crippen MR) is 64.8 cm³/mol. The fourth-order valence-electron chi connectivity index (χ4n) is 2.71. The number of hydrogen-bond acceptors (Lipinski definition) is 1. The van der Waals surface area contributed by atoms with E-state index in [0.717, 1.165) is 24.6 Å². The maximum absolute atomic E-state index is 13.2. The summed E-state index contributed by atoms with van der Waals surface area (Å²) in [6.45, 7) is 3.08. The standard InChI is InChI=1S/C14H19F2N/c1-14(9-17-2,11-3-4-11)8-10-5-12(15)7-13(16)6-10/h5-7,11,17H,3-4,8-9H2,1-2H3. The van der Waals surface area contributed by atoms with Gasteiger partial charge in [0.15, 0.2) is 0 Å². The van der Waals surface area contributed by atoms with E-state index in [1.54, 1.807) is 0 Å². The third kappa shape index (κ3) is 3.03. The van der Waals surface area contributed by atoms with Crippen LogP contribution in [-0.4, -0.2) is 13.6 Å². The Hall–Kier alpha value is -0.960. The molecule has 1 N–H and O–H groups in total. The maximum atomic E-state index is 13.2. The molecular formula is C14H19F2N. The van der Waals surface area contributed by atoms with Gasteiger partial charge >= 0.3 is 0 Å². The van der Waals surface area contributed by atoms with Crippen LogP contribution in [0.15, 0.2) is 18.2 Å². The van der Waals surface area contributed by atoms with Crippen LogP contribution >= 0.6 is 0 Å². The molecule has 1 saturated carbocycles. The lowest BCUT2D eigenvalue weighted by atomic mass is 9.79. The zero-order valence-electron chi connectivity index (χ0n) is 10.4. The lowest BCUT2D eigenvalue weighted by molar-refractivity contribution is 0.262. The van der Waals surface area contributed by atoms with Crippen molar-refractivity contribution in [2.45, 2.75) is 26.2 Å². The molecule has 17 heavy (non-hydrogen) atoms. The van der Waals surface area contributed by atoms with E-state index in [4.69, 9.17) is 0 Å². The van der Waals surface area contributed by atoms with E-state index in [-0.39, 0.29) is 5.41 Å². The van der Waals surface area contributed by atoms with Crippen molar-refractivity contribution in [3.63, 3.8) is 0 Å². The van der Waals surface area contributed by atoms with Gasteiger partial charge in [0.2, 0.25) is 0 Å². The Kier molecular flexibility index (Phi) is 3.48. The molecule has 2 rings (SSSR count). The van der Waals surface area contributed by atoms with Crippen LogP contribution in [0, 0.1) is 23.0 Å². The average molecular weight is 239 g/mol. The molecule has 1 aliphatic rings. The molecule has 0 heterocycles. The normalized spacial score (nSPS) is 19.1. The monoisotopic (exact) mass is 239 g/mol. The fraction of sp³-hybridized carbons (Fsp3) is 0.571. The molecule has 1 aliphatic carbocycles. The minimum atomic E-state index is -0.484. The van der Waals surface area contributed by atoms with Crippen molar-refractivity contribution in [2.75, 3.05) is 13.6 Å². The minimum absolute atomic E-state index is 0.106. The van der Waals surface area contributed by atoms with Crippen molar-refractivity contribution in [1.82, 2.24) is 5.32 Å². The molecule has 1 atom stereocenters. The van der Waals surface area contributed by atoms with Crippen molar-refractivity contribution in [2.24, 2.45) is 11.3 Å². The zero-order chi connectivity index (χ0) is 12.5. The van der Waals surface area contributed by atoms with Gasteiger partial charge in [0.1, 0.15) is 11.6 Å². The summed E-state index contributed by atoms with van der Waals surface area (Å²) in [4.78, 5) is 0. The van der Waals surface area contributed by atoms with E-state index in [0.29, 0.717) is 5.92 Å². The molecule has 0 aliphatic heterocycles. The second kappa shape index (κ2) is 4.73. The van der Waals surface area contributed by atoms with Gasteiger partial charge in [-0.2, -0.15) is 0 Å².